The zero-order valence-corrected chi connectivity index (χ0v) is 13.8. The number of rotatable bonds is 4. The molecule has 3 aromatic rings. The number of aromatic amines is 1. The zero-order valence-electron chi connectivity index (χ0n) is 13.8. The van der Waals surface area contributed by atoms with Crippen molar-refractivity contribution in [2.24, 2.45) is 0 Å². The summed E-state index contributed by atoms with van der Waals surface area (Å²) in [7, 11) is 0. The molecule has 0 aromatic carbocycles. The molecule has 4 rings (SSSR count). The van der Waals surface area contributed by atoms with E-state index < -0.39 is 0 Å². The van der Waals surface area contributed by atoms with Gasteiger partial charge in [0.2, 0.25) is 0 Å². The molecule has 1 unspecified atom stereocenters. The van der Waals surface area contributed by atoms with Crippen LogP contribution in [0.3, 0.4) is 0 Å². The van der Waals surface area contributed by atoms with Crippen molar-refractivity contribution >= 4 is 11.6 Å². The first-order valence-electron chi connectivity index (χ1n) is 8.48. The first-order chi connectivity index (χ1) is 12.2. The van der Waals surface area contributed by atoms with Crippen molar-refractivity contribution in [2.45, 2.75) is 25.2 Å². The number of carbonyl (C=O) groups is 1. The predicted octanol–water partition coefficient (Wildman–Crippen LogP) is 1.01. The number of carbonyl (C=O) groups excluding carboxylic acids is 1. The lowest BCUT2D eigenvalue weighted by molar-refractivity contribution is 0.0699. The molecule has 8 heteroatoms. The molecule has 130 valence electrons. The molecule has 4 heterocycles. The van der Waals surface area contributed by atoms with E-state index in [-0.39, 0.29) is 18.4 Å². The summed E-state index contributed by atoms with van der Waals surface area (Å²) in [6.07, 6.45) is 7.78. The average Bonchev–Trinajstić information content (AvgIpc) is 3.31. The highest BCUT2D eigenvalue weighted by Crippen LogP contribution is 2.26. The third kappa shape index (κ3) is 3.12. The lowest BCUT2D eigenvalue weighted by Crippen LogP contribution is -2.39. The summed E-state index contributed by atoms with van der Waals surface area (Å²) in [4.78, 5) is 19.0. The van der Waals surface area contributed by atoms with E-state index in [9.17, 15) is 4.79 Å². The monoisotopic (exact) mass is 340 g/mol. The number of H-pyrrole nitrogens is 1. The van der Waals surface area contributed by atoms with Crippen LogP contribution in [0.5, 0.6) is 0 Å². The molecular formula is C17H20N6O2. The van der Waals surface area contributed by atoms with Crippen molar-refractivity contribution in [2.75, 3.05) is 19.7 Å². The second-order valence-electron chi connectivity index (χ2n) is 6.37. The van der Waals surface area contributed by atoms with Gasteiger partial charge in [0.1, 0.15) is 0 Å². The van der Waals surface area contributed by atoms with Gasteiger partial charge in [0.15, 0.2) is 11.3 Å². The first kappa shape index (κ1) is 15.8. The fraction of sp³-hybridized carbons (Fsp3) is 0.412. The van der Waals surface area contributed by atoms with Crippen LogP contribution in [0, 0.1) is 0 Å². The Hall–Kier alpha value is -2.74. The largest absolute Gasteiger partial charge is 0.396 e. The van der Waals surface area contributed by atoms with Gasteiger partial charge >= 0.3 is 0 Å². The standard InChI is InChI=1S/C17H20N6O2/c24-7-4-12-9-18-16-8-15(21-23(16)10-12)17(25)22-6-1-2-13(11-22)14-3-5-19-20-14/h3,5,8-10,13,24H,1-2,4,6-7,11H2,(H,19,20). The highest BCUT2D eigenvalue weighted by atomic mass is 16.3. The first-order valence-corrected chi connectivity index (χ1v) is 8.48. The van der Waals surface area contributed by atoms with Crippen LogP contribution in [0.25, 0.3) is 5.65 Å². The topological polar surface area (TPSA) is 99.4 Å². The minimum atomic E-state index is -0.0709. The summed E-state index contributed by atoms with van der Waals surface area (Å²) < 4.78 is 1.61. The fourth-order valence-corrected chi connectivity index (χ4v) is 3.35. The van der Waals surface area contributed by atoms with Gasteiger partial charge < -0.3 is 10.0 Å². The molecule has 1 amide bonds. The van der Waals surface area contributed by atoms with Gasteiger partial charge in [-0.15, -0.1) is 0 Å². The number of hydrogen-bond donors (Lipinski definition) is 2. The number of fused-ring (bicyclic) bond motifs is 1. The van der Waals surface area contributed by atoms with Crippen LogP contribution in [0.4, 0.5) is 0 Å². The molecule has 25 heavy (non-hydrogen) atoms. The number of likely N-dealkylation sites (tertiary alicyclic amines) is 1. The van der Waals surface area contributed by atoms with E-state index in [0.29, 0.717) is 24.3 Å². The third-order valence-corrected chi connectivity index (χ3v) is 4.66. The minimum Gasteiger partial charge on any atom is -0.396 e. The smallest absolute Gasteiger partial charge is 0.274 e. The predicted molar refractivity (Wildman–Crippen MR) is 90.2 cm³/mol. The summed E-state index contributed by atoms with van der Waals surface area (Å²) in [5, 5.41) is 20.4. The van der Waals surface area contributed by atoms with Crippen molar-refractivity contribution < 1.29 is 9.90 Å². The molecule has 1 atom stereocenters. The quantitative estimate of drug-likeness (QED) is 0.738. The maximum Gasteiger partial charge on any atom is 0.274 e. The maximum atomic E-state index is 12.9. The van der Waals surface area contributed by atoms with E-state index in [1.165, 1.54) is 0 Å². The van der Waals surface area contributed by atoms with E-state index in [4.69, 9.17) is 5.11 Å². The molecule has 1 fully saturated rings. The van der Waals surface area contributed by atoms with Crippen molar-refractivity contribution in [3.63, 3.8) is 0 Å². The molecule has 0 aliphatic carbocycles. The van der Waals surface area contributed by atoms with Crippen LogP contribution in [-0.4, -0.2) is 60.4 Å². The number of hydrogen-bond acceptors (Lipinski definition) is 5. The van der Waals surface area contributed by atoms with E-state index in [1.807, 2.05) is 11.0 Å². The van der Waals surface area contributed by atoms with Gasteiger partial charge in [0.25, 0.3) is 5.91 Å². The Morgan fingerprint density at radius 3 is 3.16 bits per heavy atom. The number of nitrogens with zero attached hydrogens (tertiary/aromatic N) is 5. The molecule has 8 nitrogen and oxygen atoms in total. The zero-order chi connectivity index (χ0) is 17.2. The number of piperidine rings is 1. The van der Waals surface area contributed by atoms with Crippen molar-refractivity contribution in [1.29, 1.82) is 0 Å². The number of aromatic nitrogens is 5. The lowest BCUT2D eigenvalue weighted by atomic mass is 9.95. The van der Waals surface area contributed by atoms with Gasteiger partial charge in [-0.2, -0.15) is 10.2 Å². The van der Waals surface area contributed by atoms with Gasteiger partial charge in [-0.05, 0) is 30.9 Å². The van der Waals surface area contributed by atoms with Crippen molar-refractivity contribution in [3.8, 4) is 0 Å². The second-order valence-corrected chi connectivity index (χ2v) is 6.37. The molecule has 3 aromatic heterocycles. The van der Waals surface area contributed by atoms with Crippen LogP contribution in [0.2, 0.25) is 0 Å². The summed E-state index contributed by atoms with van der Waals surface area (Å²) >= 11 is 0. The molecular weight excluding hydrogens is 320 g/mol. The van der Waals surface area contributed by atoms with Gasteiger partial charge in [-0.3, -0.25) is 9.89 Å². The van der Waals surface area contributed by atoms with Crippen LogP contribution < -0.4 is 0 Å². The minimum absolute atomic E-state index is 0.0585. The Morgan fingerprint density at radius 2 is 2.36 bits per heavy atom. The Morgan fingerprint density at radius 1 is 1.44 bits per heavy atom. The number of amides is 1. The summed E-state index contributed by atoms with van der Waals surface area (Å²) in [6, 6.07) is 3.68. The highest BCUT2D eigenvalue weighted by molar-refractivity contribution is 5.93. The molecule has 0 radical (unpaired) electrons. The Kier molecular flexibility index (Phi) is 4.19. The van der Waals surface area contributed by atoms with Crippen LogP contribution in [-0.2, 0) is 6.42 Å². The normalized spacial score (nSPS) is 18.0. The molecule has 0 bridgehead atoms. The third-order valence-electron chi connectivity index (χ3n) is 4.66. The van der Waals surface area contributed by atoms with Crippen molar-refractivity contribution in [1.82, 2.24) is 29.7 Å². The van der Waals surface area contributed by atoms with E-state index in [1.54, 1.807) is 29.2 Å². The Labute approximate surface area is 144 Å². The van der Waals surface area contributed by atoms with E-state index in [0.717, 1.165) is 30.6 Å². The number of aliphatic hydroxyl groups is 1. The highest BCUT2D eigenvalue weighted by Gasteiger charge is 2.27. The molecule has 0 spiro atoms. The SMILES string of the molecule is O=C(c1cc2ncc(CCO)cn2n1)N1CCCC(c2ccn[nH]2)C1. The Balaban J connectivity index is 1.54. The second kappa shape index (κ2) is 6.64. The van der Waals surface area contributed by atoms with Gasteiger partial charge in [0, 0.05) is 56.0 Å². The van der Waals surface area contributed by atoms with Gasteiger partial charge in [-0.1, -0.05) is 0 Å². The van der Waals surface area contributed by atoms with Crippen LogP contribution >= 0.6 is 0 Å². The number of nitrogens with one attached hydrogen (secondary N) is 1. The Bertz CT molecular complexity index is 873. The summed E-state index contributed by atoms with van der Waals surface area (Å²) in [5.74, 6) is 0.213. The van der Waals surface area contributed by atoms with Crippen LogP contribution in [0.1, 0.15) is 40.5 Å². The molecule has 1 aliphatic heterocycles. The average molecular weight is 340 g/mol. The molecule has 0 saturated carbocycles. The molecule has 1 saturated heterocycles. The molecule has 2 N–H and O–H groups in total. The van der Waals surface area contributed by atoms with E-state index in [2.05, 4.69) is 20.3 Å². The van der Waals surface area contributed by atoms with Gasteiger partial charge in [-0.25, -0.2) is 9.50 Å². The summed E-state index contributed by atoms with van der Waals surface area (Å²) in [5.41, 5.74) is 2.99. The number of aliphatic hydroxyl groups excluding tert-OH is 1. The lowest BCUT2D eigenvalue weighted by Gasteiger charge is -2.31. The van der Waals surface area contributed by atoms with Crippen LogP contribution in [0.15, 0.2) is 30.7 Å². The van der Waals surface area contributed by atoms with E-state index >= 15 is 0 Å². The maximum absolute atomic E-state index is 12.9. The van der Waals surface area contributed by atoms with Gasteiger partial charge in [0.05, 0.1) is 0 Å². The molecule has 1 aliphatic rings. The van der Waals surface area contributed by atoms with Crippen molar-refractivity contribution in [3.05, 3.63) is 47.7 Å². The fourth-order valence-electron chi connectivity index (χ4n) is 3.35. The summed E-state index contributed by atoms with van der Waals surface area (Å²) in [6.45, 7) is 1.46.